The van der Waals surface area contributed by atoms with Gasteiger partial charge in [0.05, 0.1) is 17.8 Å². The van der Waals surface area contributed by atoms with Gasteiger partial charge >= 0.3 is 12.0 Å². The first-order valence-corrected chi connectivity index (χ1v) is 8.61. The molecule has 0 spiro atoms. The molecule has 0 atom stereocenters. The van der Waals surface area contributed by atoms with Crippen LogP contribution >= 0.6 is 15.9 Å². The van der Waals surface area contributed by atoms with Crippen molar-refractivity contribution in [1.82, 2.24) is 9.47 Å². The van der Waals surface area contributed by atoms with E-state index in [4.69, 9.17) is 4.74 Å². The minimum absolute atomic E-state index is 0.175. The number of rotatable bonds is 5. The Morgan fingerprint density at radius 2 is 2.04 bits per heavy atom. The summed E-state index contributed by atoms with van der Waals surface area (Å²) in [6.07, 6.45) is 4.78. The lowest BCUT2D eigenvalue weighted by molar-refractivity contribution is -0.137. The van der Waals surface area contributed by atoms with E-state index < -0.39 is 5.97 Å². The number of unbranched alkanes of at least 4 members (excludes halogenated alkanes) is 1. The summed E-state index contributed by atoms with van der Waals surface area (Å²) in [5.41, 5.74) is 1.42. The fraction of sp³-hybridized carbons (Fsp3) is 0.333. The number of hydrogen-bond acceptors (Lipinski definition) is 3. The van der Waals surface area contributed by atoms with Crippen LogP contribution in [0.25, 0.3) is 17.0 Å². The Kier molecular flexibility index (Phi) is 6.20. The standard InChI is InChI=1S/C18H21BrN2O3/c1-4-5-10-24-17(22)9-7-15-12-13-11-14(19)6-8-16(13)21(15)18(23)20(2)3/h6-9,11-12H,4-5,10H2,1-3H3/b9-7+. The molecule has 0 aliphatic carbocycles. The van der Waals surface area contributed by atoms with E-state index >= 15 is 0 Å². The largest absolute Gasteiger partial charge is 0.463 e. The molecule has 0 bridgehead atoms. The Morgan fingerprint density at radius 3 is 2.71 bits per heavy atom. The predicted octanol–water partition coefficient (Wildman–Crippen LogP) is 4.29. The minimum Gasteiger partial charge on any atom is -0.463 e. The van der Waals surface area contributed by atoms with Crippen molar-refractivity contribution >= 4 is 44.9 Å². The molecule has 0 saturated carbocycles. The molecule has 0 aliphatic heterocycles. The molecule has 2 rings (SSSR count). The summed E-state index contributed by atoms with van der Waals surface area (Å²) >= 11 is 3.43. The molecule has 0 aliphatic rings. The van der Waals surface area contributed by atoms with Gasteiger partial charge in [-0.1, -0.05) is 29.3 Å². The normalized spacial score (nSPS) is 11.2. The number of nitrogens with zero attached hydrogens (tertiary/aromatic N) is 2. The molecule has 2 aromatic rings. The van der Waals surface area contributed by atoms with Gasteiger partial charge in [0, 0.05) is 30.0 Å². The molecule has 1 aromatic heterocycles. The lowest BCUT2D eigenvalue weighted by atomic mass is 10.2. The maximum absolute atomic E-state index is 12.5. The van der Waals surface area contributed by atoms with Gasteiger partial charge in [-0.3, -0.25) is 4.57 Å². The molecule has 5 nitrogen and oxygen atoms in total. The van der Waals surface area contributed by atoms with Crippen LogP contribution in [0, 0.1) is 0 Å². The maximum atomic E-state index is 12.5. The second-order valence-corrected chi connectivity index (χ2v) is 6.55. The van der Waals surface area contributed by atoms with Crippen LogP contribution < -0.4 is 0 Å². The number of carbonyl (C=O) groups excluding carboxylic acids is 2. The fourth-order valence-electron chi connectivity index (χ4n) is 2.26. The third kappa shape index (κ3) is 4.26. The molecule has 0 saturated heterocycles. The van der Waals surface area contributed by atoms with Gasteiger partial charge in [0.15, 0.2) is 0 Å². The molecule has 24 heavy (non-hydrogen) atoms. The molecule has 0 fully saturated rings. The molecule has 0 unspecified atom stereocenters. The first-order valence-electron chi connectivity index (χ1n) is 7.81. The average molecular weight is 393 g/mol. The van der Waals surface area contributed by atoms with Crippen LogP contribution in [-0.2, 0) is 9.53 Å². The second-order valence-electron chi connectivity index (χ2n) is 5.64. The molecule has 6 heteroatoms. The SMILES string of the molecule is CCCCOC(=O)/C=C/c1cc2cc(Br)ccc2n1C(=O)N(C)C. The Morgan fingerprint density at radius 1 is 1.29 bits per heavy atom. The first kappa shape index (κ1) is 18.3. The topological polar surface area (TPSA) is 51.5 Å². The first-order chi connectivity index (χ1) is 11.4. The smallest absolute Gasteiger partial charge is 0.330 e. The number of aromatic nitrogens is 1. The Bertz CT molecular complexity index is 778. The highest BCUT2D eigenvalue weighted by molar-refractivity contribution is 9.10. The van der Waals surface area contributed by atoms with E-state index in [1.54, 1.807) is 24.7 Å². The van der Waals surface area contributed by atoms with Crippen molar-refractivity contribution in [1.29, 1.82) is 0 Å². The number of ether oxygens (including phenoxy) is 1. The third-order valence-electron chi connectivity index (χ3n) is 3.50. The number of halogens is 1. The molecule has 128 valence electrons. The van der Waals surface area contributed by atoms with E-state index in [2.05, 4.69) is 15.9 Å². The van der Waals surface area contributed by atoms with Crippen molar-refractivity contribution in [2.45, 2.75) is 19.8 Å². The van der Waals surface area contributed by atoms with E-state index in [1.165, 1.54) is 11.0 Å². The lowest BCUT2D eigenvalue weighted by Crippen LogP contribution is -2.27. The maximum Gasteiger partial charge on any atom is 0.330 e. The third-order valence-corrected chi connectivity index (χ3v) is 3.99. The van der Waals surface area contributed by atoms with E-state index in [9.17, 15) is 9.59 Å². The van der Waals surface area contributed by atoms with E-state index in [-0.39, 0.29) is 6.03 Å². The zero-order valence-electron chi connectivity index (χ0n) is 14.1. The number of benzene rings is 1. The van der Waals surface area contributed by atoms with Crippen molar-refractivity contribution in [3.05, 3.63) is 40.5 Å². The number of esters is 1. The molecule has 1 amide bonds. The summed E-state index contributed by atoms with van der Waals surface area (Å²) in [4.78, 5) is 25.8. The van der Waals surface area contributed by atoms with Crippen LogP contribution in [0.5, 0.6) is 0 Å². The quantitative estimate of drug-likeness (QED) is 0.433. The van der Waals surface area contributed by atoms with Gasteiger partial charge in [0.2, 0.25) is 0 Å². The number of amides is 1. The summed E-state index contributed by atoms with van der Waals surface area (Å²) in [5, 5.41) is 0.915. The Hall–Kier alpha value is -2.08. The van der Waals surface area contributed by atoms with Crippen LogP contribution in [0.3, 0.4) is 0 Å². The van der Waals surface area contributed by atoms with Gasteiger partial charge < -0.3 is 9.64 Å². The zero-order valence-corrected chi connectivity index (χ0v) is 15.7. The van der Waals surface area contributed by atoms with Gasteiger partial charge in [0.25, 0.3) is 0 Å². The van der Waals surface area contributed by atoms with Gasteiger partial charge in [-0.2, -0.15) is 0 Å². The monoisotopic (exact) mass is 392 g/mol. The Labute approximate surface area is 150 Å². The van der Waals surface area contributed by atoms with Crippen molar-refractivity contribution in [2.75, 3.05) is 20.7 Å². The molecule has 0 radical (unpaired) electrons. The summed E-state index contributed by atoms with van der Waals surface area (Å²) in [6.45, 7) is 2.44. The molecule has 1 aromatic carbocycles. The van der Waals surface area contributed by atoms with Crippen molar-refractivity contribution in [3.63, 3.8) is 0 Å². The molecule has 1 heterocycles. The highest BCUT2D eigenvalue weighted by Crippen LogP contribution is 2.25. The number of carbonyl (C=O) groups is 2. The van der Waals surface area contributed by atoms with Crippen LogP contribution in [0.4, 0.5) is 4.79 Å². The summed E-state index contributed by atoms with van der Waals surface area (Å²) < 4.78 is 7.62. The minimum atomic E-state index is -0.404. The number of fused-ring (bicyclic) bond motifs is 1. The van der Waals surface area contributed by atoms with Gasteiger partial charge in [-0.25, -0.2) is 9.59 Å². The fourth-order valence-corrected chi connectivity index (χ4v) is 2.64. The van der Waals surface area contributed by atoms with Crippen molar-refractivity contribution in [3.8, 4) is 0 Å². The summed E-state index contributed by atoms with van der Waals surface area (Å²) in [5.74, 6) is -0.404. The van der Waals surface area contributed by atoms with Crippen molar-refractivity contribution < 1.29 is 14.3 Å². The lowest BCUT2D eigenvalue weighted by Gasteiger charge is -2.13. The zero-order chi connectivity index (χ0) is 17.7. The highest BCUT2D eigenvalue weighted by Gasteiger charge is 2.15. The van der Waals surface area contributed by atoms with Gasteiger partial charge in [-0.15, -0.1) is 0 Å². The van der Waals surface area contributed by atoms with Crippen molar-refractivity contribution in [2.24, 2.45) is 0 Å². The number of hydrogen-bond donors (Lipinski definition) is 0. The van der Waals surface area contributed by atoms with Crippen LogP contribution in [0.1, 0.15) is 25.5 Å². The van der Waals surface area contributed by atoms with E-state index in [0.717, 1.165) is 28.2 Å². The van der Waals surface area contributed by atoms with Gasteiger partial charge in [0.1, 0.15) is 0 Å². The average Bonchev–Trinajstić information content (AvgIpc) is 2.89. The molecular weight excluding hydrogens is 372 g/mol. The molecule has 0 N–H and O–H groups in total. The summed E-state index contributed by atoms with van der Waals surface area (Å²) in [6, 6.07) is 7.39. The summed E-state index contributed by atoms with van der Waals surface area (Å²) in [7, 11) is 3.39. The highest BCUT2D eigenvalue weighted by atomic mass is 79.9. The second kappa shape index (κ2) is 8.15. The molecular formula is C18H21BrN2O3. The van der Waals surface area contributed by atoms with Crippen LogP contribution in [0.15, 0.2) is 34.8 Å². The van der Waals surface area contributed by atoms with E-state index in [0.29, 0.717) is 12.3 Å². The van der Waals surface area contributed by atoms with Gasteiger partial charge in [-0.05, 0) is 36.8 Å². The van der Waals surface area contributed by atoms with Crippen LogP contribution in [0.2, 0.25) is 0 Å². The Balaban J connectivity index is 2.36. The van der Waals surface area contributed by atoms with E-state index in [1.807, 2.05) is 31.2 Å². The predicted molar refractivity (Wildman–Crippen MR) is 99.0 cm³/mol. The van der Waals surface area contributed by atoms with Crippen LogP contribution in [-0.4, -0.2) is 42.2 Å².